The number of aromatic amines is 2. The van der Waals surface area contributed by atoms with Crippen molar-refractivity contribution in [3.8, 4) is 11.5 Å². The van der Waals surface area contributed by atoms with E-state index in [2.05, 4.69) is 63.4 Å². The molecule has 8 nitrogen and oxygen atoms in total. The van der Waals surface area contributed by atoms with E-state index in [1.54, 1.807) is 6.20 Å². The first-order valence-electron chi connectivity index (χ1n) is 8.77. The van der Waals surface area contributed by atoms with E-state index < -0.39 is 0 Å². The molecule has 26 heavy (non-hydrogen) atoms. The Kier molecular flexibility index (Phi) is 4.12. The summed E-state index contributed by atoms with van der Waals surface area (Å²) in [6.45, 7) is 7.35. The van der Waals surface area contributed by atoms with Crippen molar-refractivity contribution >= 4 is 22.8 Å². The Morgan fingerprint density at radius 1 is 1.15 bits per heavy atom. The second-order valence-electron chi connectivity index (χ2n) is 6.91. The zero-order chi connectivity index (χ0) is 18.3. The number of hydrogen-bond acceptors (Lipinski definition) is 4. The van der Waals surface area contributed by atoms with E-state index in [-0.39, 0.29) is 6.03 Å². The van der Waals surface area contributed by atoms with Gasteiger partial charge in [-0.15, -0.1) is 0 Å². The summed E-state index contributed by atoms with van der Waals surface area (Å²) in [6, 6.07) is 4.03. The largest absolute Gasteiger partial charge is 0.337 e. The van der Waals surface area contributed by atoms with Crippen molar-refractivity contribution in [3.63, 3.8) is 0 Å². The van der Waals surface area contributed by atoms with Crippen LogP contribution in [0, 0.1) is 13.8 Å². The van der Waals surface area contributed by atoms with Gasteiger partial charge < -0.3 is 20.1 Å². The minimum absolute atomic E-state index is 0.108. The van der Waals surface area contributed by atoms with Crippen LogP contribution in [0.1, 0.15) is 11.1 Å². The van der Waals surface area contributed by atoms with Crippen LogP contribution in [0.4, 0.5) is 10.5 Å². The summed E-state index contributed by atoms with van der Waals surface area (Å²) in [6.07, 6.45) is 1.69. The highest BCUT2D eigenvalue weighted by Gasteiger charge is 2.21. The molecule has 1 aliphatic rings. The molecule has 136 valence electrons. The normalized spacial score (nSPS) is 15.6. The number of carbonyl (C=O) groups is 1. The van der Waals surface area contributed by atoms with Crippen LogP contribution in [0.3, 0.4) is 0 Å². The quantitative estimate of drug-likeness (QED) is 0.659. The molecule has 2 amide bonds. The molecule has 0 saturated carbocycles. The number of hydrogen-bond donors (Lipinski definition) is 3. The number of amides is 2. The second kappa shape index (κ2) is 6.45. The Hall–Kier alpha value is -2.87. The molecule has 0 bridgehead atoms. The highest BCUT2D eigenvalue weighted by molar-refractivity contribution is 5.93. The van der Waals surface area contributed by atoms with Gasteiger partial charge in [-0.3, -0.25) is 5.10 Å². The predicted molar refractivity (Wildman–Crippen MR) is 101 cm³/mol. The molecule has 0 atom stereocenters. The molecule has 1 aliphatic heterocycles. The van der Waals surface area contributed by atoms with Crippen molar-refractivity contribution in [2.45, 2.75) is 13.8 Å². The minimum Gasteiger partial charge on any atom is -0.337 e. The van der Waals surface area contributed by atoms with E-state index in [1.807, 2.05) is 4.90 Å². The van der Waals surface area contributed by atoms with Crippen LogP contribution in [0.25, 0.3) is 22.6 Å². The third-order valence-corrected chi connectivity index (χ3v) is 4.99. The summed E-state index contributed by atoms with van der Waals surface area (Å²) in [7, 11) is 2.06. The van der Waals surface area contributed by atoms with Gasteiger partial charge in [-0.2, -0.15) is 5.10 Å². The Bertz CT molecular complexity index is 911. The van der Waals surface area contributed by atoms with Gasteiger partial charge in [0, 0.05) is 32.4 Å². The molecule has 1 fully saturated rings. The number of likely N-dealkylation sites (N-methyl/N-ethyl adjacent to an activating group) is 1. The Morgan fingerprint density at radius 2 is 1.88 bits per heavy atom. The smallest absolute Gasteiger partial charge is 0.322 e. The van der Waals surface area contributed by atoms with E-state index in [1.165, 1.54) is 11.1 Å². The zero-order valence-corrected chi connectivity index (χ0v) is 15.3. The number of nitrogens with zero attached hydrogens (tertiary/aromatic N) is 4. The molecule has 4 rings (SSSR count). The number of fused-ring (bicyclic) bond motifs is 1. The molecular formula is C18H23N7O. The molecule has 0 unspecified atom stereocenters. The fourth-order valence-corrected chi connectivity index (χ4v) is 3.15. The van der Waals surface area contributed by atoms with Gasteiger partial charge in [0.05, 0.1) is 16.7 Å². The van der Waals surface area contributed by atoms with Crippen molar-refractivity contribution < 1.29 is 4.79 Å². The van der Waals surface area contributed by atoms with E-state index in [0.29, 0.717) is 17.2 Å². The maximum absolute atomic E-state index is 12.5. The second-order valence-corrected chi connectivity index (χ2v) is 6.91. The van der Waals surface area contributed by atoms with Crippen molar-refractivity contribution in [1.82, 2.24) is 30.0 Å². The van der Waals surface area contributed by atoms with Gasteiger partial charge in [-0.1, -0.05) is 0 Å². The standard InChI is InChI=1S/C18H23N7O/c1-11-8-13-14(9-12(11)2)21-17(20-13)16-15(10-19-23-16)22-18(26)25-6-4-24(3)5-7-25/h8-10H,4-7H2,1-3H3,(H,19,23)(H,20,21)(H,22,26). The number of aromatic nitrogens is 4. The van der Waals surface area contributed by atoms with Crippen LogP contribution in [0.2, 0.25) is 0 Å². The molecule has 2 aromatic heterocycles. The molecule has 8 heteroatoms. The number of anilines is 1. The minimum atomic E-state index is -0.108. The van der Waals surface area contributed by atoms with Crippen molar-refractivity contribution in [1.29, 1.82) is 0 Å². The van der Waals surface area contributed by atoms with Gasteiger partial charge in [-0.05, 0) is 44.2 Å². The van der Waals surface area contributed by atoms with E-state index >= 15 is 0 Å². The van der Waals surface area contributed by atoms with Crippen LogP contribution in [0.15, 0.2) is 18.3 Å². The number of rotatable bonds is 2. The van der Waals surface area contributed by atoms with Gasteiger partial charge >= 0.3 is 6.03 Å². The maximum Gasteiger partial charge on any atom is 0.322 e. The van der Waals surface area contributed by atoms with Crippen molar-refractivity contribution in [2.24, 2.45) is 0 Å². The molecule has 0 radical (unpaired) electrons. The average molecular weight is 353 g/mol. The number of carbonyl (C=O) groups excluding carboxylic acids is 1. The lowest BCUT2D eigenvalue weighted by Gasteiger charge is -2.32. The molecule has 3 N–H and O–H groups in total. The molecule has 0 aliphatic carbocycles. The Balaban J connectivity index is 1.58. The Morgan fingerprint density at radius 3 is 2.65 bits per heavy atom. The number of nitrogens with one attached hydrogen (secondary N) is 3. The molecular weight excluding hydrogens is 330 g/mol. The van der Waals surface area contributed by atoms with Gasteiger partial charge in [0.1, 0.15) is 0 Å². The summed E-state index contributed by atoms with van der Waals surface area (Å²) >= 11 is 0. The number of urea groups is 1. The molecule has 1 saturated heterocycles. The fraction of sp³-hybridized carbons (Fsp3) is 0.389. The topological polar surface area (TPSA) is 92.9 Å². The summed E-state index contributed by atoms with van der Waals surface area (Å²) in [5.74, 6) is 0.639. The number of imidazole rings is 1. The molecule has 3 heterocycles. The summed E-state index contributed by atoms with van der Waals surface area (Å²) in [4.78, 5) is 24.5. The van der Waals surface area contributed by atoms with Gasteiger partial charge in [0.15, 0.2) is 11.5 Å². The lowest BCUT2D eigenvalue weighted by atomic mass is 10.1. The van der Waals surface area contributed by atoms with Crippen LogP contribution >= 0.6 is 0 Å². The van der Waals surface area contributed by atoms with E-state index in [9.17, 15) is 4.79 Å². The van der Waals surface area contributed by atoms with Crippen LogP contribution in [0.5, 0.6) is 0 Å². The fourth-order valence-electron chi connectivity index (χ4n) is 3.15. The third kappa shape index (κ3) is 3.03. The lowest BCUT2D eigenvalue weighted by molar-refractivity contribution is 0.164. The average Bonchev–Trinajstić information content (AvgIpc) is 3.22. The van der Waals surface area contributed by atoms with Gasteiger partial charge in [0.25, 0.3) is 0 Å². The maximum atomic E-state index is 12.5. The van der Waals surface area contributed by atoms with Crippen LogP contribution in [-0.4, -0.2) is 69.2 Å². The van der Waals surface area contributed by atoms with Crippen LogP contribution in [-0.2, 0) is 0 Å². The number of benzene rings is 1. The molecule has 0 spiro atoms. The van der Waals surface area contributed by atoms with Gasteiger partial charge in [0.2, 0.25) is 0 Å². The number of aryl methyl sites for hydroxylation is 2. The highest BCUT2D eigenvalue weighted by atomic mass is 16.2. The highest BCUT2D eigenvalue weighted by Crippen LogP contribution is 2.26. The zero-order valence-electron chi connectivity index (χ0n) is 15.3. The molecule has 1 aromatic carbocycles. The summed E-state index contributed by atoms with van der Waals surface area (Å²) in [5.41, 5.74) is 5.49. The van der Waals surface area contributed by atoms with Crippen molar-refractivity contribution in [3.05, 3.63) is 29.5 Å². The summed E-state index contributed by atoms with van der Waals surface area (Å²) in [5, 5.41) is 10.1. The molecule has 3 aromatic rings. The predicted octanol–water partition coefficient (Wildman–Crippen LogP) is 2.35. The van der Waals surface area contributed by atoms with Crippen molar-refractivity contribution in [2.75, 3.05) is 38.5 Å². The monoisotopic (exact) mass is 353 g/mol. The third-order valence-electron chi connectivity index (χ3n) is 4.99. The van der Waals surface area contributed by atoms with E-state index in [4.69, 9.17) is 0 Å². The van der Waals surface area contributed by atoms with E-state index in [0.717, 1.165) is 37.2 Å². The Labute approximate surface area is 151 Å². The number of piperazine rings is 1. The summed E-state index contributed by atoms with van der Waals surface area (Å²) < 4.78 is 0. The first-order chi connectivity index (χ1) is 12.5. The first-order valence-corrected chi connectivity index (χ1v) is 8.77. The van der Waals surface area contributed by atoms with Crippen LogP contribution < -0.4 is 5.32 Å². The first kappa shape index (κ1) is 16.6. The lowest BCUT2D eigenvalue weighted by Crippen LogP contribution is -2.48. The van der Waals surface area contributed by atoms with Gasteiger partial charge in [-0.25, -0.2) is 9.78 Å². The number of H-pyrrole nitrogens is 2. The SMILES string of the molecule is Cc1cc2nc(-c3n[nH]cc3NC(=O)N3CCN(C)CC3)[nH]c2cc1C.